The Morgan fingerprint density at radius 3 is 2.40 bits per heavy atom. The number of carbonyl (C=O) groups is 1. The SMILES string of the molecule is CC(C)[C@H](NS(=O)(=O)c1ccc(Br)cc1)C(=O)NCC(c1ccco1)N1CCCC1. The van der Waals surface area contributed by atoms with Crippen LogP contribution in [0.4, 0.5) is 0 Å². The van der Waals surface area contributed by atoms with E-state index < -0.39 is 16.1 Å². The molecule has 1 aliphatic heterocycles. The van der Waals surface area contributed by atoms with Crippen molar-refractivity contribution in [3.63, 3.8) is 0 Å². The summed E-state index contributed by atoms with van der Waals surface area (Å²) in [6.45, 7) is 5.89. The van der Waals surface area contributed by atoms with Gasteiger partial charge in [-0.2, -0.15) is 4.72 Å². The number of benzene rings is 1. The van der Waals surface area contributed by atoms with Crippen LogP contribution < -0.4 is 10.0 Å². The molecule has 1 fully saturated rings. The third kappa shape index (κ3) is 5.72. The first-order valence-corrected chi connectivity index (χ1v) is 12.4. The Morgan fingerprint density at radius 1 is 1.17 bits per heavy atom. The Morgan fingerprint density at radius 2 is 1.83 bits per heavy atom. The zero-order valence-electron chi connectivity index (χ0n) is 17.2. The van der Waals surface area contributed by atoms with Gasteiger partial charge < -0.3 is 9.73 Å². The van der Waals surface area contributed by atoms with E-state index in [1.165, 1.54) is 12.1 Å². The van der Waals surface area contributed by atoms with Crippen LogP contribution in [0.15, 0.2) is 56.4 Å². The highest BCUT2D eigenvalue weighted by Gasteiger charge is 2.31. The maximum Gasteiger partial charge on any atom is 0.241 e. The molecule has 0 saturated carbocycles. The molecule has 2 N–H and O–H groups in total. The molecular weight excluding hydrogens is 470 g/mol. The fourth-order valence-electron chi connectivity index (χ4n) is 3.59. The van der Waals surface area contributed by atoms with Crippen molar-refractivity contribution in [2.45, 2.75) is 43.7 Å². The molecule has 3 rings (SSSR count). The lowest BCUT2D eigenvalue weighted by Gasteiger charge is -2.28. The largest absolute Gasteiger partial charge is 0.468 e. The van der Waals surface area contributed by atoms with Crippen LogP contribution >= 0.6 is 15.9 Å². The Kier molecular flexibility index (Phi) is 7.73. The molecule has 0 aliphatic carbocycles. The molecule has 1 aliphatic rings. The number of carbonyl (C=O) groups excluding carboxylic acids is 1. The number of nitrogens with zero attached hydrogens (tertiary/aromatic N) is 1. The second kappa shape index (κ2) is 10.1. The van der Waals surface area contributed by atoms with Crippen molar-refractivity contribution in [1.29, 1.82) is 0 Å². The summed E-state index contributed by atoms with van der Waals surface area (Å²) < 4.78 is 34.5. The van der Waals surface area contributed by atoms with Crippen LogP contribution in [0.2, 0.25) is 0 Å². The van der Waals surface area contributed by atoms with Crippen LogP contribution in [0.25, 0.3) is 0 Å². The summed E-state index contributed by atoms with van der Waals surface area (Å²) in [6.07, 6.45) is 3.86. The summed E-state index contributed by atoms with van der Waals surface area (Å²) in [7, 11) is -3.82. The maximum absolute atomic E-state index is 12.9. The third-order valence-electron chi connectivity index (χ3n) is 5.28. The lowest BCUT2D eigenvalue weighted by Crippen LogP contribution is -2.51. The summed E-state index contributed by atoms with van der Waals surface area (Å²) in [5, 5.41) is 2.94. The number of hydrogen-bond donors (Lipinski definition) is 2. The quantitative estimate of drug-likeness (QED) is 0.554. The average molecular weight is 498 g/mol. The van der Waals surface area contributed by atoms with Crippen molar-refractivity contribution in [2.24, 2.45) is 5.92 Å². The Hall–Kier alpha value is -1.68. The number of sulfonamides is 1. The Bertz CT molecular complexity index is 924. The van der Waals surface area contributed by atoms with E-state index in [2.05, 4.69) is 30.9 Å². The van der Waals surface area contributed by atoms with E-state index >= 15 is 0 Å². The highest BCUT2D eigenvalue weighted by atomic mass is 79.9. The molecule has 30 heavy (non-hydrogen) atoms. The van der Waals surface area contributed by atoms with Gasteiger partial charge in [-0.3, -0.25) is 9.69 Å². The van der Waals surface area contributed by atoms with Gasteiger partial charge in [0.05, 0.1) is 17.2 Å². The van der Waals surface area contributed by atoms with Crippen molar-refractivity contribution >= 4 is 31.9 Å². The summed E-state index contributed by atoms with van der Waals surface area (Å²) in [5.41, 5.74) is 0. The van der Waals surface area contributed by atoms with Gasteiger partial charge in [0.25, 0.3) is 0 Å². The number of hydrogen-bond acceptors (Lipinski definition) is 5. The number of nitrogens with one attached hydrogen (secondary N) is 2. The summed E-state index contributed by atoms with van der Waals surface area (Å²) >= 11 is 3.30. The number of amides is 1. The fourth-order valence-corrected chi connectivity index (χ4v) is 5.20. The number of rotatable bonds is 9. The van der Waals surface area contributed by atoms with Gasteiger partial charge in [-0.15, -0.1) is 0 Å². The molecule has 9 heteroatoms. The van der Waals surface area contributed by atoms with Gasteiger partial charge in [0.2, 0.25) is 15.9 Å². The summed E-state index contributed by atoms with van der Waals surface area (Å²) in [4.78, 5) is 15.3. The predicted octanol–water partition coefficient (Wildman–Crippen LogP) is 3.30. The molecule has 1 aromatic carbocycles. The monoisotopic (exact) mass is 497 g/mol. The minimum Gasteiger partial charge on any atom is -0.468 e. The second-order valence-electron chi connectivity index (χ2n) is 7.82. The minimum absolute atomic E-state index is 0.0673. The van der Waals surface area contributed by atoms with Crippen molar-refractivity contribution < 1.29 is 17.6 Å². The van der Waals surface area contributed by atoms with E-state index in [0.29, 0.717) is 6.54 Å². The van der Waals surface area contributed by atoms with E-state index in [0.717, 1.165) is 36.2 Å². The molecule has 2 heterocycles. The zero-order chi connectivity index (χ0) is 21.7. The van der Waals surface area contributed by atoms with Crippen LogP contribution in [0.3, 0.4) is 0 Å². The highest BCUT2D eigenvalue weighted by molar-refractivity contribution is 9.10. The van der Waals surface area contributed by atoms with Gasteiger partial charge in [-0.1, -0.05) is 29.8 Å². The minimum atomic E-state index is -3.82. The first kappa shape index (κ1) is 23.0. The van der Waals surface area contributed by atoms with E-state index in [9.17, 15) is 13.2 Å². The van der Waals surface area contributed by atoms with E-state index in [-0.39, 0.29) is 22.8 Å². The van der Waals surface area contributed by atoms with E-state index in [1.54, 1.807) is 18.4 Å². The maximum atomic E-state index is 12.9. The molecule has 2 aromatic rings. The Labute approximate surface area is 186 Å². The van der Waals surface area contributed by atoms with Gasteiger partial charge in [0, 0.05) is 11.0 Å². The standard InChI is InChI=1S/C21H28BrN3O4S/c1-15(2)20(24-30(27,28)17-9-7-16(22)8-10-17)21(26)23-14-18(19-6-5-13-29-19)25-11-3-4-12-25/h5-10,13,15,18,20,24H,3-4,11-12,14H2,1-2H3,(H,23,26)/t18?,20-/m0/s1. The second-order valence-corrected chi connectivity index (χ2v) is 10.4. The lowest BCUT2D eigenvalue weighted by atomic mass is 10.0. The van der Waals surface area contributed by atoms with Crippen LogP contribution in [0, 0.1) is 5.92 Å². The normalized spacial score (nSPS) is 17.2. The van der Waals surface area contributed by atoms with Crippen molar-refractivity contribution in [3.05, 3.63) is 52.9 Å². The molecule has 0 spiro atoms. The molecule has 1 unspecified atom stereocenters. The number of likely N-dealkylation sites (tertiary alicyclic amines) is 1. The Balaban J connectivity index is 1.69. The smallest absolute Gasteiger partial charge is 0.241 e. The summed E-state index contributed by atoms with van der Waals surface area (Å²) in [6, 6.07) is 9.11. The predicted molar refractivity (Wildman–Crippen MR) is 118 cm³/mol. The molecule has 0 bridgehead atoms. The number of halogens is 1. The van der Waals surface area contributed by atoms with Gasteiger partial charge >= 0.3 is 0 Å². The molecule has 7 nitrogen and oxygen atoms in total. The fraction of sp³-hybridized carbons (Fsp3) is 0.476. The summed E-state index contributed by atoms with van der Waals surface area (Å²) in [5.74, 6) is 0.235. The molecule has 1 saturated heterocycles. The molecule has 164 valence electrons. The molecular formula is C21H28BrN3O4S. The van der Waals surface area contributed by atoms with Crippen LogP contribution in [0.5, 0.6) is 0 Å². The van der Waals surface area contributed by atoms with E-state index in [1.807, 2.05) is 26.0 Å². The van der Waals surface area contributed by atoms with Gasteiger partial charge in [-0.25, -0.2) is 8.42 Å². The molecule has 2 atom stereocenters. The molecule has 0 radical (unpaired) electrons. The molecule has 1 amide bonds. The van der Waals surface area contributed by atoms with Crippen LogP contribution in [0.1, 0.15) is 38.5 Å². The van der Waals surface area contributed by atoms with Crippen LogP contribution in [-0.2, 0) is 14.8 Å². The van der Waals surface area contributed by atoms with Gasteiger partial charge in [0.15, 0.2) is 0 Å². The van der Waals surface area contributed by atoms with Crippen LogP contribution in [-0.4, -0.2) is 44.9 Å². The van der Waals surface area contributed by atoms with Crippen molar-refractivity contribution in [1.82, 2.24) is 14.9 Å². The lowest BCUT2D eigenvalue weighted by molar-refractivity contribution is -0.123. The molecule has 1 aromatic heterocycles. The third-order valence-corrected chi connectivity index (χ3v) is 7.26. The average Bonchev–Trinajstić information content (AvgIpc) is 3.41. The van der Waals surface area contributed by atoms with Gasteiger partial charge in [0.1, 0.15) is 11.8 Å². The topological polar surface area (TPSA) is 91.6 Å². The van der Waals surface area contributed by atoms with Crippen molar-refractivity contribution in [2.75, 3.05) is 19.6 Å². The van der Waals surface area contributed by atoms with E-state index in [4.69, 9.17) is 4.42 Å². The first-order valence-electron chi connectivity index (χ1n) is 10.1. The van der Waals surface area contributed by atoms with Gasteiger partial charge in [-0.05, 0) is 68.2 Å². The first-order chi connectivity index (χ1) is 14.3. The number of furan rings is 1. The highest BCUT2D eigenvalue weighted by Crippen LogP contribution is 2.25. The van der Waals surface area contributed by atoms with Crippen molar-refractivity contribution in [3.8, 4) is 0 Å². The zero-order valence-corrected chi connectivity index (χ0v) is 19.6.